The highest BCUT2D eigenvalue weighted by Crippen LogP contribution is 2.24. The van der Waals surface area contributed by atoms with Crippen LogP contribution in [0.15, 0.2) is 72.8 Å². The van der Waals surface area contributed by atoms with Crippen LogP contribution in [-0.2, 0) is 19.5 Å². The second-order valence-corrected chi connectivity index (χ2v) is 7.58. The second kappa shape index (κ2) is 10.6. The quantitative estimate of drug-likeness (QED) is 0.575. The van der Waals surface area contributed by atoms with E-state index in [1.54, 1.807) is 12.1 Å². The second-order valence-electron chi connectivity index (χ2n) is 7.58. The Labute approximate surface area is 177 Å². The van der Waals surface area contributed by atoms with Gasteiger partial charge in [0, 0.05) is 19.6 Å². The number of benzene rings is 3. The molecule has 4 nitrogen and oxygen atoms in total. The summed E-state index contributed by atoms with van der Waals surface area (Å²) >= 11 is 0. The van der Waals surface area contributed by atoms with E-state index >= 15 is 0 Å². The summed E-state index contributed by atoms with van der Waals surface area (Å²) in [6, 6.07) is 22.7. The molecule has 2 amide bonds. The van der Waals surface area contributed by atoms with Crippen molar-refractivity contribution in [1.82, 2.24) is 15.5 Å². The highest BCUT2D eigenvalue weighted by Gasteiger charge is 2.07. The monoisotopic (exact) mass is 405 g/mol. The van der Waals surface area contributed by atoms with Gasteiger partial charge in [0.15, 0.2) is 0 Å². The lowest BCUT2D eigenvalue weighted by molar-refractivity contribution is 0.240. The van der Waals surface area contributed by atoms with Crippen LogP contribution in [0.3, 0.4) is 0 Å². The van der Waals surface area contributed by atoms with Crippen molar-refractivity contribution in [1.29, 1.82) is 0 Å². The molecule has 2 N–H and O–H groups in total. The van der Waals surface area contributed by atoms with Gasteiger partial charge >= 0.3 is 6.03 Å². The number of nitrogens with one attached hydrogen (secondary N) is 2. The van der Waals surface area contributed by atoms with Crippen LogP contribution >= 0.6 is 0 Å². The summed E-state index contributed by atoms with van der Waals surface area (Å²) in [5.41, 5.74) is 5.55. The first-order chi connectivity index (χ1) is 14.5. The minimum Gasteiger partial charge on any atom is -0.338 e. The highest BCUT2D eigenvalue weighted by molar-refractivity contribution is 5.74. The van der Waals surface area contributed by atoms with E-state index in [4.69, 9.17) is 0 Å². The average Bonchev–Trinajstić information content (AvgIpc) is 2.74. The molecular formula is C25H28FN3O. The zero-order valence-electron chi connectivity index (χ0n) is 17.5. The number of urea groups is 1. The Balaban J connectivity index is 1.54. The van der Waals surface area contributed by atoms with Crippen molar-refractivity contribution in [3.05, 3.63) is 95.3 Å². The van der Waals surface area contributed by atoms with E-state index in [2.05, 4.69) is 60.0 Å². The summed E-state index contributed by atoms with van der Waals surface area (Å²) < 4.78 is 12.9. The molecule has 156 valence electrons. The average molecular weight is 406 g/mol. The third-order valence-corrected chi connectivity index (χ3v) is 4.83. The Bertz CT molecular complexity index is 953. The third kappa shape index (κ3) is 6.42. The number of nitrogens with zero attached hydrogens (tertiary/aromatic N) is 1. The Kier molecular flexibility index (Phi) is 7.57. The number of carbonyl (C=O) groups excluding carboxylic acids is 1. The Morgan fingerprint density at radius 1 is 0.867 bits per heavy atom. The van der Waals surface area contributed by atoms with Gasteiger partial charge in [0.05, 0.1) is 0 Å². The smallest absolute Gasteiger partial charge is 0.315 e. The lowest BCUT2D eigenvalue weighted by Crippen LogP contribution is -2.36. The highest BCUT2D eigenvalue weighted by atomic mass is 19.1. The van der Waals surface area contributed by atoms with E-state index in [0.717, 1.165) is 28.8 Å². The zero-order chi connectivity index (χ0) is 21.3. The molecule has 3 aromatic carbocycles. The fourth-order valence-corrected chi connectivity index (χ4v) is 3.32. The van der Waals surface area contributed by atoms with Crippen LogP contribution in [0, 0.1) is 5.82 Å². The standard InChI is InChI=1S/C25H28FN3O/c1-29(2)18-20-7-11-21(12-8-20)24-6-4-3-5-22(24)17-28-25(30)27-16-15-19-9-13-23(26)14-10-19/h3-14H,15-18H2,1-2H3,(H2,27,28,30). The van der Waals surface area contributed by atoms with Gasteiger partial charge in [-0.2, -0.15) is 0 Å². The lowest BCUT2D eigenvalue weighted by atomic mass is 9.98. The van der Waals surface area contributed by atoms with Gasteiger partial charge in [-0.25, -0.2) is 9.18 Å². The fraction of sp³-hybridized carbons (Fsp3) is 0.240. The number of carbonyl (C=O) groups is 1. The van der Waals surface area contributed by atoms with E-state index in [1.165, 1.54) is 17.7 Å². The number of rotatable bonds is 8. The molecule has 0 atom stereocenters. The Morgan fingerprint density at radius 3 is 2.23 bits per heavy atom. The van der Waals surface area contributed by atoms with E-state index < -0.39 is 0 Å². The molecule has 0 aliphatic rings. The maximum atomic E-state index is 12.9. The fourth-order valence-electron chi connectivity index (χ4n) is 3.32. The van der Waals surface area contributed by atoms with Crippen molar-refractivity contribution in [2.75, 3.05) is 20.6 Å². The number of halogens is 1. The molecule has 0 aliphatic carbocycles. The lowest BCUT2D eigenvalue weighted by Gasteiger charge is -2.13. The molecule has 0 aromatic heterocycles. The van der Waals surface area contributed by atoms with Crippen LogP contribution in [0.1, 0.15) is 16.7 Å². The molecular weight excluding hydrogens is 377 g/mol. The first kappa shape index (κ1) is 21.5. The van der Waals surface area contributed by atoms with Gasteiger partial charge in [-0.05, 0) is 60.5 Å². The molecule has 0 bridgehead atoms. The molecule has 3 aromatic rings. The molecule has 0 heterocycles. The molecule has 0 saturated carbocycles. The van der Waals surface area contributed by atoms with E-state index in [0.29, 0.717) is 19.5 Å². The first-order valence-electron chi connectivity index (χ1n) is 10.1. The van der Waals surface area contributed by atoms with E-state index in [1.807, 2.05) is 18.2 Å². The molecule has 3 rings (SSSR count). The van der Waals surface area contributed by atoms with Gasteiger partial charge in [0.2, 0.25) is 0 Å². The number of amides is 2. The van der Waals surface area contributed by atoms with Crippen molar-refractivity contribution in [3.63, 3.8) is 0 Å². The first-order valence-corrected chi connectivity index (χ1v) is 10.1. The largest absolute Gasteiger partial charge is 0.338 e. The molecule has 0 aliphatic heterocycles. The van der Waals surface area contributed by atoms with Crippen molar-refractivity contribution in [2.24, 2.45) is 0 Å². The van der Waals surface area contributed by atoms with Crippen LogP contribution in [0.25, 0.3) is 11.1 Å². The number of hydrogen-bond acceptors (Lipinski definition) is 2. The summed E-state index contributed by atoms with van der Waals surface area (Å²) in [4.78, 5) is 14.3. The van der Waals surface area contributed by atoms with Crippen LogP contribution in [-0.4, -0.2) is 31.6 Å². The van der Waals surface area contributed by atoms with Crippen LogP contribution in [0.4, 0.5) is 9.18 Å². The zero-order valence-corrected chi connectivity index (χ0v) is 17.5. The van der Waals surface area contributed by atoms with Crippen molar-refractivity contribution in [3.8, 4) is 11.1 Å². The number of hydrogen-bond donors (Lipinski definition) is 2. The maximum absolute atomic E-state index is 12.9. The SMILES string of the molecule is CN(C)Cc1ccc(-c2ccccc2CNC(=O)NCCc2ccc(F)cc2)cc1. The van der Waals surface area contributed by atoms with Crippen LogP contribution in [0.5, 0.6) is 0 Å². The predicted octanol–water partition coefficient (Wildman–Crippen LogP) is 4.60. The minimum absolute atomic E-state index is 0.215. The summed E-state index contributed by atoms with van der Waals surface area (Å²) in [5, 5.41) is 5.78. The van der Waals surface area contributed by atoms with Gasteiger partial charge in [0.1, 0.15) is 5.82 Å². The molecule has 0 radical (unpaired) electrons. The van der Waals surface area contributed by atoms with Crippen LogP contribution in [0.2, 0.25) is 0 Å². The Morgan fingerprint density at radius 2 is 1.53 bits per heavy atom. The maximum Gasteiger partial charge on any atom is 0.315 e. The summed E-state index contributed by atoms with van der Waals surface area (Å²) in [6.07, 6.45) is 0.656. The van der Waals surface area contributed by atoms with E-state index in [-0.39, 0.29) is 11.8 Å². The topological polar surface area (TPSA) is 44.4 Å². The van der Waals surface area contributed by atoms with Gasteiger partial charge in [-0.1, -0.05) is 60.7 Å². The third-order valence-electron chi connectivity index (χ3n) is 4.83. The van der Waals surface area contributed by atoms with Gasteiger partial charge < -0.3 is 15.5 Å². The summed E-state index contributed by atoms with van der Waals surface area (Å²) in [7, 11) is 4.11. The van der Waals surface area contributed by atoms with Crippen LogP contribution < -0.4 is 10.6 Å². The van der Waals surface area contributed by atoms with Crippen molar-refractivity contribution in [2.45, 2.75) is 19.5 Å². The summed E-state index contributed by atoms with van der Waals surface area (Å²) in [5.74, 6) is -0.254. The molecule has 0 fully saturated rings. The molecule has 0 unspecified atom stereocenters. The Hall–Kier alpha value is -3.18. The molecule has 0 spiro atoms. The van der Waals surface area contributed by atoms with Crippen molar-refractivity contribution < 1.29 is 9.18 Å². The van der Waals surface area contributed by atoms with Crippen molar-refractivity contribution >= 4 is 6.03 Å². The summed E-state index contributed by atoms with van der Waals surface area (Å²) in [6.45, 7) is 1.84. The van der Waals surface area contributed by atoms with Gasteiger partial charge in [-0.3, -0.25) is 0 Å². The molecule has 0 saturated heterocycles. The predicted molar refractivity (Wildman–Crippen MR) is 120 cm³/mol. The molecule has 5 heteroatoms. The van der Waals surface area contributed by atoms with E-state index in [9.17, 15) is 9.18 Å². The normalized spacial score (nSPS) is 10.8. The van der Waals surface area contributed by atoms with Gasteiger partial charge in [-0.15, -0.1) is 0 Å². The van der Waals surface area contributed by atoms with Gasteiger partial charge in [0.25, 0.3) is 0 Å². The molecule has 30 heavy (non-hydrogen) atoms. The minimum atomic E-state index is -0.254.